The van der Waals surface area contributed by atoms with E-state index in [2.05, 4.69) is 22.4 Å². The molecule has 0 unspecified atom stereocenters. The highest BCUT2D eigenvalue weighted by molar-refractivity contribution is 5.92. The van der Waals surface area contributed by atoms with Gasteiger partial charge in [0.05, 0.1) is 19.4 Å². The van der Waals surface area contributed by atoms with E-state index in [0.717, 1.165) is 23.4 Å². The van der Waals surface area contributed by atoms with Crippen LogP contribution in [0.25, 0.3) is 11.3 Å². The Morgan fingerprint density at radius 1 is 0.897 bits per heavy atom. The third kappa shape index (κ3) is 5.93. The van der Waals surface area contributed by atoms with Gasteiger partial charge in [-0.2, -0.15) is 0 Å². The number of anilines is 1. The number of nitrogens with zero attached hydrogens (tertiary/aromatic N) is 2. The fourth-order valence-electron chi connectivity index (χ4n) is 2.51. The summed E-state index contributed by atoms with van der Waals surface area (Å²) in [6, 6.07) is 18.1. The molecule has 1 heterocycles. The Morgan fingerprint density at radius 3 is 2.17 bits per heavy atom. The van der Waals surface area contributed by atoms with Crippen molar-refractivity contribution in [2.24, 2.45) is 0 Å². The number of amides is 1. The quantitative estimate of drug-likeness (QED) is 0.593. The molecule has 0 aliphatic heterocycles. The van der Waals surface area contributed by atoms with Crippen molar-refractivity contribution < 1.29 is 19.0 Å². The first-order chi connectivity index (χ1) is 14.2. The van der Waals surface area contributed by atoms with Crippen LogP contribution >= 0.6 is 0 Å². The zero-order valence-electron chi connectivity index (χ0n) is 16.4. The maximum Gasteiger partial charge on any atom is 0.262 e. The van der Waals surface area contributed by atoms with Crippen LogP contribution < -0.4 is 19.5 Å². The van der Waals surface area contributed by atoms with Gasteiger partial charge in [-0.25, -0.2) is 0 Å². The Morgan fingerprint density at radius 2 is 1.59 bits per heavy atom. The van der Waals surface area contributed by atoms with E-state index in [9.17, 15) is 4.79 Å². The van der Waals surface area contributed by atoms with Gasteiger partial charge in [0.15, 0.2) is 6.61 Å². The van der Waals surface area contributed by atoms with Gasteiger partial charge in [-0.15, -0.1) is 10.2 Å². The van der Waals surface area contributed by atoms with Crippen molar-refractivity contribution in [3.05, 3.63) is 60.7 Å². The zero-order valence-corrected chi connectivity index (χ0v) is 16.4. The van der Waals surface area contributed by atoms with Gasteiger partial charge in [0.2, 0.25) is 5.88 Å². The van der Waals surface area contributed by atoms with E-state index in [1.54, 1.807) is 37.4 Å². The zero-order chi connectivity index (χ0) is 20.5. The maximum absolute atomic E-state index is 12.1. The number of carbonyl (C=O) groups excluding carboxylic acids is 1. The fraction of sp³-hybridized carbons (Fsp3) is 0.227. The molecule has 1 amide bonds. The minimum atomic E-state index is -0.242. The highest BCUT2D eigenvalue weighted by Crippen LogP contribution is 2.21. The van der Waals surface area contributed by atoms with Gasteiger partial charge in [-0.3, -0.25) is 4.79 Å². The Bertz CT molecular complexity index is 910. The summed E-state index contributed by atoms with van der Waals surface area (Å²) in [5.74, 6) is 1.61. The summed E-state index contributed by atoms with van der Waals surface area (Å²) in [6.45, 7) is 2.64. The van der Waals surface area contributed by atoms with Crippen molar-refractivity contribution in [3.63, 3.8) is 0 Å². The van der Waals surface area contributed by atoms with Crippen molar-refractivity contribution in [1.29, 1.82) is 0 Å². The normalized spacial score (nSPS) is 10.3. The van der Waals surface area contributed by atoms with Crippen LogP contribution in [0.3, 0.4) is 0 Å². The number of methoxy groups -OCH3 is 1. The van der Waals surface area contributed by atoms with E-state index in [1.807, 2.05) is 30.3 Å². The summed E-state index contributed by atoms with van der Waals surface area (Å²) >= 11 is 0. The average Bonchev–Trinajstić information content (AvgIpc) is 2.77. The second-order valence-electron chi connectivity index (χ2n) is 6.20. The molecule has 150 valence electrons. The number of hydrogen-bond donors (Lipinski definition) is 1. The SMILES string of the molecule is CCCOc1ccc(OCC(=O)Nc2ccc(-c3ccc(OC)nn3)cc2)cc1. The smallest absolute Gasteiger partial charge is 0.262 e. The van der Waals surface area contributed by atoms with Gasteiger partial charge in [-0.05, 0) is 48.9 Å². The molecule has 0 bridgehead atoms. The van der Waals surface area contributed by atoms with Crippen LogP contribution in [0.15, 0.2) is 60.7 Å². The lowest BCUT2D eigenvalue weighted by Gasteiger charge is -2.09. The molecule has 0 aliphatic rings. The van der Waals surface area contributed by atoms with Crippen LogP contribution in [0.2, 0.25) is 0 Å². The van der Waals surface area contributed by atoms with Crippen LogP contribution in [0.4, 0.5) is 5.69 Å². The summed E-state index contributed by atoms with van der Waals surface area (Å²) in [7, 11) is 1.54. The lowest BCUT2D eigenvalue weighted by molar-refractivity contribution is -0.118. The van der Waals surface area contributed by atoms with Gasteiger partial charge in [0.25, 0.3) is 5.91 Å². The molecule has 1 aromatic heterocycles. The maximum atomic E-state index is 12.1. The number of carbonyl (C=O) groups is 1. The number of nitrogens with one attached hydrogen (secondary N) is 1. The molecule has 7 nitrogen and oxygen atoms in total. The van der Waals surface area contributed by atoms with Crippen molar-refractivity contribution in [2.45, 2.75) is 13.3 Å². The minimum absolute atomic E-state index is 0.0825. The highest BCUT2D eigenvalue weighted by Gasteiger charge is 2.06. The largest absolute Gasteiger partial charge is 0.494 e. The summed E-state index contributed by atoms with van der Waals surface area (Å²) in [4.78, 5) is 12.1. The molecule has 0 aliphatic carbocycles. The molecule has 3 aromatic rings. The van der Waals surface area contributed by atoms with Gasteiger partial charge < -0.3 is 19.5 Å². The first-order valence-electron chi connectivity index (χ1n) is 9.31. The van der Waals surface area contributed by atoms with Gasteiger partial charge in [0, 0.05) is 17.3 Å². The molecule has 1 N–H and O–H groups in total. The van der Waals surface area contributed by atoms with Crippen LogP contribution in [-0.4, -0.2) is 36.4 Å². The van der Waals surface area contributed by atoms with Gasteiger partial charge >= 0.3 is 0 Å². The molecule has 3 rings (SSSR count). The molecule has 0 saturated heterocycles. The van der Waals surface area contributed by atoms with Crippen molar-refractivity contribution in [2.75, 3.05) is 25.6 Å². The average molecular weight is 393 g/mol. The molecule has 29 heavy (non-hydrogen) atoms. The summed E-state index contributed by atoms with van der Waals surface area (Å²) < 4.78 is 16.0. The number of benzene rings is 2. The Labute approximate surface area is 169 Å². The van der Waals surface area contributed by atoms with E-state index in [-0.39, 0.29) is 12.5 Å². The summed E-state index contributed by atoms with van der Waals surface area (Å²) in [5.41, 5.74) is 2.28. The van der Waals surface area contributed by atoms with Crippen LogP contribution in [0.5, 0.6) is 17.4 Å². The van der Waals surface area contributed by atoms with E-state index in [0.29, 0.717) is 23.9 Å². The predicted octanol–water partition coefficient (Wildman–Crippen LogP) is 3.96. The van der Waals surface area contributed by atoms with Gasteiger partial charge in [-0.1, -0.05) is 19.1 Å². The third-order valence-corrected chi connectivity index (χ3v) is 3.98. The first kappa shape index (κ1) is 20.1. The third-order valence-electron chi connectivity index (χ3n) is 3.98. The summed E-state index contributed by atoms with van der Waals surface area (Å²) in [6.07, 6.45) is 0.951. The minimum Gasteiger partial charge on any atom is -0.494 e. The topological polar surface area (TPSA) is 82.6 Å². The summed E-state index contributed by atoms with van der Waals surface area (Å²) in [5, 5.41) is 10.9. The molecule has 0 saturated carbocycles. The molecule has 0 spiro atoms. The van der Waals surface area contributed by atoms with Gasteiger partial charge in [0.1, 0.15) is 11.5 Å². The lowest BCUT2D eigenvalue weighted by Crippen LogP contribution is -2.20. The number of rotatable bonds is 9. The molecule has 0 atom stereocenters. The predicted molar refractivity (Wildman–Crippen MR) is 110 cm³/mol. The van der Waals surface area contributed by atoms with Crippen molar-refractivity contribution in [3.8, 4) is 28.6 Å². The lowest BCUT2D eigenvalue weighted by atomic mass is 10.1. The standard InChI is InChI=1S/C22H23N3O4/c1-3-14-28-18-8-10-19(11-9-18)29-15-21(26)23-17-6-4-16(5-7-17)20-12-13-22(27-2)25-24-20/h4-13H,3,14-15H2,1-2H3,(H,23,26). The Hall–Kier alpha value is -3.61. The van der Waals surface area contributed by atoms with Crippen molar-refractivity contribution in [1.82, 2.24) is 10.2 Å². The second kappa shape index (κ2) is 10.1. The van der Waals surface area contributed by atoms with Crippen molar-refractivity contribution >= 4 is 11.6 Å². The monoisotopic (exact) mass is 393 g/mol. The molecular formula is C22H23N3O4. The van der Waals surface area contributed by atoms with Crippen LogP contribution in [-0.2, 0) is 4.79 Å². The Balaban J connectivity index is 1.50. The number of hydrogen-bond acceptors (Lipinski definition) is 6. The number of aromatic nitrogens is 2. The molecule has 0 radical (unpaired) electrons. The van der Waals surface area contributed by atoms with E-state index in [4.69, 9.17) is 14.2 Å². The second-order valence-corrected chi connectivity index (χ2v) is 6.20. The Kier molecular flexibility index (Phi) is 7.00. The van der Waals surface area contributed by atoms with E-state index < -0.39 is 0 Å². The molecule has 2 aromatic carbocycles. The molecular weight excluding hydrogens is 370 g/mol. The fourth-order valence-corrected chi connectivity index (χ4v) is 2.51. The highest BCUT2D eigenvalue weighted by atomic mass is 16.5. The van der Waals surface area contributed by atoms with Crippen LogP contribution in [0.1, 0.15) is 13.3 Å². The molecule has 7 heteroatoms. The molecule has 0 fully saturated rings. The van der Waals surface area contributed by atoms with Crippen LogP contribution in [0, 0.1) is 0 Å². The number of ether oxygens (including phenoxy) is 3. The first-order valence-corrected chi connectivity index (χ1v) is 9.31. The van der Waals surface area contributed by atoms with E-state index >= 15 is 0 Å². The van der Waals surface area contributed by atoms with E-state index in [1.165, 1.54) is 0 Å².